The number of alkyl halides is 3. The smallest absolute Gasteiger partial charge is 0.394 e. The summed E-state index contributed by atoms with van der Waals surface area (Å²) in [5.74, 6) is -5.15. The number of likely N-dealkylation sites (tertiary alicyclic amines) is 1. The van der Waals surface area contributed by atoms with E-state index < -0.39 is 43.1 Å². The van der Waals surface area contributed by atoms with Gasteiger partial charge in [0.2, 0.25) is 0 Å². The van der Waals surface area contributed by atoms with Gasteiger partial charge in [0.1, 0.15) is 0 Å². The van der Waals surface area contributed by atoms with Gasteiger partial charge >= 0.3 is 18.2 Å². The third-order valence-electron chi connectivity index (χ3n) is 5.93. The second-order valence-corrected chi connectivity index (χ2v) is 7.73. The molecule has 0 bridgehead atoms. The van der Waals surface area contributed by atoms with Gasteiger partial charge in [0.25, 0.3) is 0 Å². The minimum absolute atomic E-state index is 0.150. The van der Waals surface area contributed by atoms with Gasteiger partial charge in [-0.25, -0.2) is 4.79 Å². The minimum Gasteiger partial charge on any atom is -0.481 e. The first-order chi connectivity index (χ1) is 12.2. The highest BCUT2D eigenvalue weighted by atomic mass is 19.4. The average molecular weight is 378 g/mol. The second-order valence-electron chi connectivity index (χ2n) is 7.73. The van der Waals surface area contributed by atoms with Crippen LogP contribution < -0.4 is 5.32 Å². The molecule has 1 unspecified atom stereocenters. The monoisotopic (exact) mass is 378 g/mol. The zero-order valence-electron chi connectivity index (χ0n) is 14.6. The Morgan fingerprint density at radius 2 is 1.85 bits per heavy atom. The van der Waals surface area contributed by atoms with Crippen LogP contribution in [0.25, 0.3) is 0 Å². The molecule has 0 aromatic carbocycles. The van der Waals surface area contributed by atoms with Gasteiger partial charge in [-0.1, -0.05) is 19.3 Å². The van der Waals surface area contributed by atoms with Crippen molar-refractivity contribution in [2.75, 3.05) is 19.7 Å². The summed E-state index contributed by atoms with van der Waals surface area (Å²) in [4.78, 5) is 24.6. The zero-order valence-corrected chi connectivity index (χ0v) is 14.6. The number of ether oxygens (including phenoxy) is 1. The maximum absolute atomic E-state index is 13.1. The van der Waals surface area contributed by atoms with Crippen LogP contribution in [0.1, 0.15) is 44.9 Å². The summed E-state index contributed by atoms with van der Waals surface area (Å²) in [6, 6.07) is -0.761. The fourth-order valence-electron chi connectivity index (χ4n) is 4.51. The number of nitrogens with one attached hydrogen (secondary N) is 1. The molecular weight excluding hydrogens is 353 g/mol. The van der Waals surface area contributed by atoms with Crippen molar-refractivity contribution in [1.29, 1.82) is 0 Å². The topological polar surface area (TPSA) is 78.9 Å². The van der Waals surface area contributed by atoms with Crippen LogP contribution in [0.5, 0.6) is 0 Å². The van der Waals surface area contributed by atoms with E-state index in [1.165, 1.54) is 6.42 Å². The van der Waals surface area contributed by atoms with E-state index in [0.717, 1.165) is 30.6 Å². The minimum atomic E-state index is -4.64. The average Bonchev–Trinajstić information content (AvgIpc) is 3.02. The van der Waals surface area contributed by atoms with Gasteiger partial charge in [-0.05, 0) is 25.7 Å². The van der Waals surface area contributed by atoms with Crippen LogP contribution in [0, 0.1) is 11.8 Å². The number of hydrogen-bond donors (Lipinski definition) is 2. The van der Waals surface area contributed by atoms with Crippen molar-refractivity contribution in [2.24, 2.45) is 11.8 Å². The first-order valence-electron chi connectivity index (χ1n) is 9.19. The number of carboxylic acids is 1. The molecular formula is C17H25F3N2O4. The first-order valence-corrected chi connectivity index (χ1v) is 9.19. The Bertz CT molecular complexity index is 543. The largest absolute Gasteiger partial charge is 0.481 e. The number of urea groups is 1. The quantitative estimate of drug-likeness (QED) is 0.775. The number of carboxylic acid groups (broad SMARTS) is 1. The molecule has 1 saturated carbocycles. The molecule has 0 aromatic rings. The van der Waals surface area contributed by atoms with Crippen LogP contribution >= 0.6 is 0 Å². The van der Waals surface area contributed by atoms with Crippen molar-refractivity contribution < 1.29 is 32.6 Å². The van der Waals surface area contributed by atoms with E-state index in [0.29, 0.717) is 19.4 Å². The number of aliphatic carboxylic acids is 1. The molecule has 2 heterocycles. The van der Waals surface area contributed by atoms with Crippen molar-refractivity contribution in [2.45, 2.75) is 62.8 Å². The molecule has 2 N–H and O–H groups in total. The lowest BCUT2D eigenvalue weighted by atomic mass is 9.78. The summed E-state index contributed by atoms with van der Waals surface area (Å²) in [5.41, 5.74) is -0.225. The van der Waals surface area contributed by atoms with E-state index in [-0.39, 0.29) is 11.6 Å². The molecule has 3 fully saturated rings. The summed E-state index contributed by atoms with van der Waals surface area (Å²) in [5, 5.41) is 11.9. The SMILES string of the molecule is O=C(O)[C@@H]1CN(C(=O)NC2CCOC3(CCCCC3)C2)C[C@H]1C(F)(F)F. The van der Waals surface area contributed by atoms with Crippen LogP contribution in [-0.4, -0.2) is 59.5 Å². The summed E-state index contributed by atoms with van der Waals surface area (Å²) < 4.78 is 45.2. The van der Waals surface area contributed by atoms with E-state index in [1.807, 2.05) is 0 Å². The molecule has 3 aliphatic rings. The molecule has 9 heteroatoms. The van der Waals surface area contributed by atoms with Crippen LogP contribution in [0.4, 0.5) is 18.0 Å². The summed E-state index contributed by atoms with van der Waals surface area (Å²) in [6.07, 6.45) is 1.87. The number of halogens is 3. The van der Waals surface area contributed by atoms with E-state index in [4.69, 9.17) is 9.84 Å². The predicted molar refractivity (Wildman–Crippen MR) is 85.6 cm³/mol. The predicted octanol–water partition coefficient (Wildman–Crippen LogP) is 2.77. The lowest BCUT2D eigenvalue weighted by molar-refractivity contribution is -0.187. The molecule has 3 atom stereocenters. The van der Waals surface area contributed by atoms with E-state index in [2.05, 4.69) is 5.32 Å². The number of hydrogen-bond acceptors (Lipinski definition) is 3. The maximum atomic E-state index is 13.1. The van der Waals surface area contributed by atoms with Gasteiger partial charge in [-0.15, -0.1) is 0 Å². The zero-order chi connectivity index (χ0) is 18.9. The lowest BCUT2D eigenvalue weighted by Crippen LogP contribution is -2.52. The maximum Gasteiger partial charge on any atom is 0.394 e. The van der Waals surface area contributed by atoms with Gasteiger partial charge < -0.3 is 20.1 Å². The van der Waals surface area contributed by atoms with Crippen LogP contribution in [0.3, 0.4) is 0 Å². The standard InChI is InChI=1S/C17H25F3N2O4/c18-17(19,20)13-10-22(9-12(13)14(23)24)15(25)21-11-4-7-26-16(8-11)5-2-1-3-6-16/h11-13H,1-10H2,(H,21,25)(H,23,24)/t11?,12-,13-/m1/s1. The van der Waals surface area contributed by atoms with Gasteiger partial charge in [0.05, 0.1) is 17.4 Å². The normalized spacial score (nSPS) is 31.8. The van der Waals surface area contributed by atoms with Crippen molar-refractivity contribution in [3.05, 3.63) is 0 Å². The molecule has 2 aliphatic heterocycles. The summed E-state index contributed by atoms with van der Waals surface area (Å²) in [7, 11) is 0. The Hall–Kier alpha value is -1.51. The molecule has 148 valence electrons. The Morgan fingerprint density at radius 3 is 2.42 bits per heavy atom. The van der Waals surface area contributed by atoms with Gasteiger partial charge in [-0.2, -0.15) is 13.2 Å². The van der Waals surface area contributed by atoms with Crippen molar-refractivity contribution in [1.82, 2.24) is 10.2 Å². The first kappa shape index (κ1) is 19.3. The summed E-state index contributed by atoms with van der Waals surface area (Å²) >= 11 is 0. The number of amides is 2. The second kappa shape index (κ2) is 7.25. The fraction of sp³-hybridized carbons (Fsp3) is 0.882. The molecule has 1 aliphatic carbocycles. The number of carbonyl (C=O) groups is 2. The van der Waals surface area contributed by atoms with Crippen molar-refractivity contribution >= 4 is 12.0 Å². The number of rotatable bonds is 2. The van der Waals surface area contributed by atoms with E-state index in [1.54, 1.807) is 0 Å². The molecule has 26 heavy (non-hydrogen) atoms. The molecule has 3 rings (SSSR count). The van der Waals surface area contributed by atoms with Gasteiger partial charge in [0.15, 0.2) is 0 Å². The molecule has 6 nitrogen and oxygen atoms in total. The highest BCUT2D eigenvalue weighted by Crippen LogP contribution is 2.40. The Morgan fingerprint density at radius 1 is 1.15 bits per heavy atom. The third kappa shape index (κ3) is 4.07. The Labute approximate surface area is 150 Å². The molecule has 2 saturated heterocycles. The van der Waals surface area contributed by atoms with Crippen LogP contribution in [-0.2, 0) is 9.53 Å². The van der Waals surface area contributed by atoms with Crippen LogP contribution in [0.15, 0.2) is 0 Å². The van der Waals surface area contributed by atoms with Crippen molar-refractivity contribution in [3.8, 4) is 0 Å². The third-order valence-corrected chi connectivity index (χ3v) is 5.93. The Balaban J connectivity index is 1.60. The highest BCUT2D eigenvalue weighted by Gasteiger charge is 2.53. The highest BCUT2D eigenvalue weighted by molar-refractivity contribution is 5.78. The number of nitrogens with zero attached hydrogens (tertiary/aromatic N) is 1. The molecule has 0 aromatic heterocycles. The van der Waals surface area contributed by atoms with Gasteiger partial charge in [-0.3, -0.25) is 4.79 Å². The van der Waals surface area contributed by atoms with Crippen molar-refractivity contribution in [3.63, 3.8) is 0 Å². The lowest BCUT2D eigenvalue weighted by Gasteiger charge is -2.43. The molecule has 0 radical (unpaired) electrons. The van der Waals surface area contributed by atoms with Crippen LogP contribution in [0.2, 0.25) is 0 Å². The summed E-state index contributed by atoms with van der Waals surface area (Å²) in [6.45, 7) is -0.506. The Kier molecular flexibility index (Phi) is 5.37. The van der Waals surface area contributed by atoms with E-state index >= 15 is 0 Å². The molecule has 2 amide bonds. The fourth-order valence-corrected chi connectivity index (χ4v) is 4.51. The number of carbonyl (C=O) groups excluding carboxylic acids is 1. The van der Waals surface area contributed by atoms with Gasteiger partial charge in [0, 0.05) is 25.7 Å². The molecule has 1 spiro atoms. The van der Waals surface area contributed by atoms with E-state index in [9.17, 15) is 22.8 Å².